The summed E-state index contributed by atoms with van der Waals surface area (Å²) in [6.07, 6.45) is 1.07. The van der Waals surface area contributed by atoms with E-state index in [9.17, 15) is 4.79 Å². The number of aliphatic imine (C=N–C) groups is 1. The van der Waals surface area contributed by atoms with Crippen LogP contribution >= 0.6 is 0 Å². The second-order valence-corrected chi connectivity index (χ2v) is 2.23. The second-order valence-electron chi connectivity index (χ2n) is 2.23. The van der Waals surface area contributed by atoms with Crippen molar-refractivity contribution >= 4 is 12.1 Å². The monoisotopic (exact) mass is 155 g/mol. The second kappa shape index (κ2) is 2.71. The number of amidine groups is 1. The van der Waals surface area contributed by atoms with Crippen molar-refractivity contribution in [2.45, 2.75) is 6.35 Å². The molecule has 0 aromatic carbocycles. The minimum atomic E-state index is -0.973. The summed E-state index contributed by atoms with van der Waals surface area (Å²) in [5, 5.41) is 9.06. The van der Waals surface area contributed by atoms with E-state index in [0.717, 1.165) is 0 Å². The summed E-state index contributed by atoms with van der Waals surface area (Å²) >= 11 is 0. The topological polar surface area (TPSA) is 78.9 Å². The lowest BCUT2D eigenvalue weighted by atomic mass is 10.2. The number of aliphatic hydroxyl groups excluding tert-OH is 1. The van der Waals surface area contributed by atoms with Crippen LogP contribution in [0.4, 0.5) is 0 Å². The minimum Gasteiger partial charge on any atom is -0.383 e. The fourth-order valence-corrected chi connectivity index (χ4v) is 0.733. The number of nitrogens with two attached hydrogens (primary N) is 1. The molecular formula is C6H9N3O2. The van der Waals surface area contributed by atoms with Gasteiger partial charge in [-0.25, -0.2) is 4.99 Å². The van der Waals surface area contributed by atoms with Crippen molar-refractivity contribution in [1.82, 2.24) is 4.90 Å². The van der Waals surface area contributed by atoms with Crippen LogP contribution in [0, 0.1) is 0 Å². The molecule has 1 unspecified atom stereocenters. The summed E-state index contributed by atoms with van der Waals surface area (Å²) in [6, 6.07) is 0. The van der Waals surface area contributed by atoms with E-state index >= 15 is 0 Å². The fourth-order valence-electron chi connectivity index (χ4n) is 0.733. The highest BCUT2D eigenvalue weighted by molar-refractivity contribution is 6.13. The third-order valence-corrected chi connectivity index (χ3v) is 1.38. The van der Waals surface area contributed by atoms with Crippen LogP contribution in [-0.4, -0.2) is 35.5 Å². The van der Waals surface area contributed by atoms with Crippen molar-refractivity contribution in [3.63, 3.8) is 0 Å². The van der Waals surface area contributed by atoms with E-state index in [1.54, 1.807) is 7.05 Å². The molecule has 1 rings (SSSR count). The molecule has 0 aliphatic carbocycles. The van der Waals surface area contributed by atoms with Gasteiger partial charge in [-0.05, 0) is 0 Å². The summed E-state index contributed by atoms with van der Waals surface area (Å²) in [5.41, 5.74) is 5.60. The summed E-state index contributed by atoms with van der Waals surface area (Å²) in [6.45, 7) is 0. The molecule has 1 heterocycles. The summed E-state index contributed by atoms with van der Waals surface area (Å²) in [7, 11) is 1.60. The van der Waals surface area contributed by atoms with E-state index in [0.29, 0.717) is 6.29 Å². The number of hydrogen-bond donors (Lipinski definition) is 2. The highest BCUT2D eigenvalue weighted by Crippen LogP contribution is 2.06. The Bertz CT molecular complexity index is 234. The summed E-state index contributed by atoms with van der Waals surface area (Å²) in [5.74, 6) is 0.0746. The van der Waals surface area contributed by atoms with Gasteiger partial charge in [-0.2, -0.15) is 0 Å². The van der Waals surface area contributed by atoms with Crippen molar-refractivity contribution in [2.24, 2.45) is 10.7 Å². The zero-order chi connectivity index (χ0) is 8.43. The number of rotatable bonds is 1. The molecule has 60 valence electrons. The van der Waals surface area contributed by atoms with Gasteiger partial charge in [0.25, 0.3) is 0 Å². The molecule has 5 heteroatoms. The molecule has 11 heavy (non-hydrogen) atoms. The minimum absolute atomic E-state index is 0.0746. The van der Waals surface area contributed by atoms with E-state index in [4.69, 9.17) is 10.8 Å². The first-order chi connectivity index (χ1) is 5.15. The number of aldehydes is 1. The largest absolute Gasteiger partial charge is 0.383 e. The molecule has 0 fully saturated rings. The zero-order valence-corrected chi connectivity index (χ0v) is 6.06. The first-order valence-corrected chi connectivity index (χ1v) is 3.06. The normalized spacial score (nSPS) is 24.2. The molecule has 3 N–H and O–H groups in total. The molecule has 5 nitrogen and oxygen atoms in total. The van der Waals surface area contributed by atoms with Crippen LogP contribution in [0.2, 0.25) is 0 Å². The molecule has 0 spiro atoms. The Kier molecular flexibility index (Phi) is 1.91. The standard InChI is InChI=1S/C6H9N3O2/c1-9-2-4(3-10)5(7)8-6(9)11/h2-3,6,11H,1H3,(H2,7,8). The SMILES string of the molecule is CN1C=C(C=O)C(N)=NC1O. The molecule has 0 aromatic rings. The van der Waals surface area contributed by atoms with Gasteiger partial charge >= 0.3 is 0 Å². The average Bonchev–Trinajstić information content (AvgIpc) is 1.97. The Labute approximate surface area is 63.8 Å². The van der Waals surface area contributed by atoms with E-state index in [1.165, 1.54) is 11.1 Å². The predicted octanol–water partition coefficient (Wildman–Crippen LogP) is -1.35. The predicted molar refractivity (Wildman–Crippen MR) is 39.5 cm³/mol. The maximum absolute atomic E-state index is 10.3. The van der Waals surface area contributed by atoms with Gasteiger partial charge in [0, 0.05) is 13.2 Å². The molecular weight excluding hydrogens is 146 g/mol. The van der Waals surface area contributed by atoms with Gasteiger partial charge in [0.2, 0.25) is 6.35 Å². The molecule has 1 atom stereocenters. The van der Waals surface area contributed by atoms with Crippen LogP contribution in [0.5, 0.6) is 0 Å². The number of hydrogen-bond acceptors (Lipinski definition) is 5. The number of aliphatic hydroxyl groups is 1. The number of carbonyl (C=O) groups is 1. The maximum atomic E-state index is 10.3. The fraction of sp³-hybridized carbons (Fsp3) is 0.333. The first kappa shape index (κ1) is 7.74. The van der Waals surface area contributed by atoms with Crippen molar-refractivity contribution < 1.29 is 9.90 Å². The molecule has 1 aliphatic heterocycles. The Morgan fingerprint density at radius 2 is 2.55 bits per heavy atom. The van der Waals surface area contributed by atoms with E-state index in [-0.39, 0.29) is 11.4 Å². The number of carbonyl (C=O) groups excluding carboxylic acids is 1. The Morgan fingerprint density at radius 3 is 3.09 bits per heavy atom. The Morgan fingerprint density at radius 1 is 1.91 bits per heavy atom. The average molecular weight is 155 g/mol. The summed E-state index contributed by atoms with van der Waals surface area (Å²) < 4.78 is 0. The number of nitrogens with zero attached hydrogens (tertiary/aromatic N) is 2. The quantitative estimate of drug-likeness (QED) is 0.459. The van der Waals surface area contributed by atoms with E-state index in [2.05, 4.69) is 4.99 Å². The third-order valence-electron chi connectivity index (χ3n) is 1.38. The molecule has 0 saturated carbocycles. The van der Waals surface area contributed by atoms with E-state index < -0.39 is 6.35 Å². The van der Waals surface area contributed by atoms with Crippen LogP contribution < -0.4 is 5.73 Å². The summed E-state index contributed by atoms with van der Waals surface area (Å²) in [4.78, 5) is 15.3. The lowest BCUT2D eigenvalue weighted by Crippen LogP contribution is -2.34. The van der Waals surface area contributed by atoms with Crippen molar-refractivity contribution in [3.05, 3.63) is 11.8 Å². The maximum Gasteiger partial charge on any atom is 0.226 e. The molecule has 0 aromatic heterocycles. The molecule has 0 saturated heterocycles. The van der Waals surface area contributed by atoms with Gasteiger partial charge in [-0.1, -0.05) is 0 Å². The molecule has 1 aliphatic rings. The molecule has 0 radical (unpaired) electrons. The van der Waals surface area contributed by atoms with Gasteiger partial charge in [-0.3, -0.25) is 4.79 Å². The Balaban J connectivity index is 2.91. The van der Waals surface area contributed by atoms with Crippen LogP contribution in [0.1, 0.15) is 0 Å². The highest BCUT2D eigenvalue weighted by Gasteiger charge is 2.15. The van der Waals surface area contributed by atoms with Crippen LogP contribution in [0.3, 0.4) is 0 Å². The van der Waals surface area contributed by atoms with E-state index in [1.807, 2.05) is 0 Å². The van der Waals surface area contributed by atoms with Crippen LogP contribution in [-0.2, 0) is 4.79 Å². The van der Waals surface area contributed by atoms with Gasteiger partial charge < -0.3 is 15.7 Å². The van der Waals surface area contributed by atoms with Crippen molar-refractivity contribution in [1.29, 1.82) is 0 Å². The van der Waals surface area contributed by atoms with Gasteiger partial charge in [-0.15, -0.1) is 0 Å². The zero-order valence-electron chi connectivity index (χ0n) is 6.06. The highest BCUT2D eigenvalue weighted by atomic mass is 16.3. The lowest BCUT2D eigenvalue weighted by molar-refractivity contribution is -0.104. The van der Waals surface area contributed by atoms with Crippen molar-refractivity contribution in [3.8, 4) is 0 Å². The smallest absolute Gasteiger partial charge is 0.226 e. The van der Waals surface area contributed by atoms with Crippen LogP contribution in [0.25, 0.3) is 0 Å². The van der Waals surface area contributed by atoms with Crippen molar-refractivity contribution in [2.75, 3.05) is 7.05 Å². The lowest BCUT2D eigenvalue weighted by Gasteiger charge is -2.22. The van der Waals surface area contributed by atoms with Crippen LogP contribution in [0.15, 0.2) is 16.8 Å². The molecule has 0 bridgehead atoms. The molecule has 0 amide bonds. The van der Waals surface area contributed by atoms with Gasteiger partial charge in [0.15, 0.2) is 6.29 Å². The van der Waals surface area contributed by atoms with Gasteiger partial charge in [0.05, 0.1) is 5.57 Å². The third kappa shape index (κ3) is 1.38. The van der Waals surface area contributed by atoms with Gasteiger partial charge in [0.1, 0.15) is 5.84 Å². The first-order valence-electron chi connectivity index (χ1n) is 3.06. The Hall–Kier alpha value is -1.36.